The predicted molar refractivity (Wildman–Crippen MR) is 81.1 cm³/mol. The largest absolute Gasteiger partial charge is 0.489 e. The van der Waals surface area contributed by atoms with Gasteiger partial charge in [-0.2, -0.15) is 0 Å². The average Bonchev–Trinajstić information content (AvgIpc) is 3.22. The fourth-order valence-corrected chi connectivity index (χ4v) is 2.27. The van der Waals surface area contributed by atoms with E-state index in [9.17, 15) is 9.59 Å². The van der Waals surface area contributed by atoms with Gasteiger partial charge in [0.1, 0.15) is 12.4 Å². The highest BCUT2D eigenvalue weighted by molar-refractivity contribution is 5.93. The van der Waals surface area contributed by atoms with Gasteiger partial charge in [-0.15, -0.1) is 0 Å². The fourth-order valence-electron chi connectivity index (χ4n) is 2.27. The number of carbonyl (C=O) groups is 2. The zero-order valence-corrected chi connectivity index (χ0v) is 12.5. The first kappa shape index (κ1) is 15.1. The summed E-state index contributed by atoms with van der Waals surface area (Å²) in [6, 6.07) is 10.9. The molecule has 6 nitrogen and oxygen atoms in total. The van der Waals surface area contributed by atoms with Crippen molar-refractivity contribution in [2.24, 2.45) is 5.41 Å². The third-order valence-corrected chi connectivity index (χ3v) is 3.99. The average molecular weight is 315 g/mol. The molecule has 1 aromatic carbocycles. The highest BCUT2D eigenvalue weighted by atomic mass is 16.5. The fraction of sp³-hybridized carbons (Fsp3) is 0.294. The number of amides is 1. The Labute approximate surface area is 133 Å². The van der Waals surface area contributed by atoms with Gasteiger partial charge in [-0.25, -0.2) is 0 Å². The predicted octanol–water partition coefficient (Wildman–Crippen LogP) is 2.45. The number of para-hydroxylation sites is 1. The van der Waals surface area contributed by atoms with Crippen molar-refractivity contribution in [1.82, 2.24) is 5.32 Å². The number of carboxylic acid groups (broad SMARTS) is 1. The minimum absolute atomic E-state index is 0.112. The number of carboxylic acids is 1. The summed E-state index contributed by atoms with van der Waals surface area (Å²) < 4.78 is 10.8. The quantitative estimate of drug-likeness (QED) is 0.819. The summed E-state index contributed by atoms with van der Waals surface area (Å²) in [5, 5.41) is 11.8. The molecule has 1 saturated carbocycles. The molecule has 0 unspecified atom stereocenters. The van der Waals surface area contributed by atoms with E-state index in [1.165, 1.54) is 6.26 Å². The summed E-state index contributed by atoms with van der Waals surface area (Å²) in [4.78, 5) is 23.3. The van der Waals surface area contributed by atoms with E-state index in [4.69, 9.17) is 14.3 Å². The number of ether oxygens (including phenoxy) is 1. The molecule has 3 rings (SSSR count). The summed E-state index contributed by atoms with van der Waals surface area (Å²) >= 11 is 0. The molecule has 1 heterocycles. The maximum Gasteiger partial charge on any atom is 0.311 e. The van der Waals surface area contributed by atoms with Gasteiger partial charge in [0, 0.05) is 12.1 Å². The molecule has 1 aliphatic carbocycles. The summed E-state index contributed by atoms with van der Waals surface area (Å²) in [5.74, 6) is -0.441. The van der Waals surface area contributed by atoms with Crippen LogP contribution in [0.25, 0.3) is 0 Å². The molecule has 0 bridgehead atoms. The van der Waals surface area contributed by atoms with Gasteiger partial charge in [0.25, 0.3) is 5.91 Å². The molecule has 1 amide bonds. The van der Waals surface area contributed by atoms with Gasteiger partial charge in [-0.05, 0) is 31.0 Å². The highest BCUT2D eigenvalue weighted by Gasteiger charge is 2.50. The Kier molecular flexibility index (Phi) is 4.06. The van der Waals surface area contributed by atoms with E-state index >= 15 is 0 Å². The number of hydrogen-bond donors (Lipinski definition) is 2. The minimum Gasteiger partial charge on any atom is -0.489 e. The van der Waals surface area contributed by atoms with Gasteiger partial charge in [0.15, 0.2) is 5.76 Å². The van der Waals surface area contributed by atoms with Crippen molar-refractivity contribution in [3.8, 4) is 5.75 Å². The lowest BCUT2D eigenvalue weighted by molar-refractivity contribution is -0.143. The number of furan rings is 1. The number of hydrogen-bond acceptors (Lipinski definition) is 4. The van der Waals surface area contributed by atoms with E-state index in [1.807, 2.05) is 30.3 Å². The second-order valence-electron chi connectivity index (χ2n) is 5.64. The van der Waals surface area contributed by atoms with Crippen molar-refractivity contribution >= 4 is 11.9 Å². The summed E-state index contributed by atoms with van der Waals surface area (Å²) in [5.41, 5.74) is -0.185. The molecule has 2 aromatic rings. The van der Waals surface area contributed by atoms with Gasteiger partial charge in [-0.3, -0.25) is 9.59 Å². The van der Waals surface area contributed by atoms with Crippen LogP contribution in [0.3, 0.4) is 0 Å². The van der Waals surface area contributed by atoms with Crippen LogP contribution in [0.4, 0.5) is 0 Å². The second kappa shape index (κ2) is 6.16. The number of benzene rings is 1. The van der Waals surface area contributed by atoms with Gasteiger partial charge in [0.05, 0.1) is 11.7 Å². The van der Waals surface area contributed by atoms with Gasteiger partial charge in [0.2, 0.25) is 0 Å². The first-order valence-corrected chi connectivity index (χ1v) is 7.36. The lowest BCUT2D eigenvalue weighted by atomic mass is 10.1. The van der Waals surface area contributed by atoms with Crippen LogP contribution < -0.4 is 10.1 Å². The molecule has 1 aliphatic rings. The molecular weight excluding hydrogens is 298 g/mol. The van der Waals surface area contributed by atoms with Gasteiger partial charge >= 0.3 is 5.97 Å². The zero-order valence-electron chi connectivity index (χ0n) is 12.5. The SMILES string of the molecule is O=C(NCC1(C(=O)O)CC1)c1occc1COc1ccccc1. The zero-order chi connectivity index (χ0) is 16.3. The van der Waals surface area contributed by atoms with E-state index in [-0.39, 0.29) is 18.9 Å². The van der Waals surface area contributed by atoms with Crippen molar-refractivity contribution in [1.29, 1.82) is 0 Å². The van der Waals surface area contributed by atoms with E-state index in [0.717, 1.165) is 0 Å². The van der Waals surface area contributed by atoms with Gasteiger partial charge < -0.3 is 19.6 Å². The first-order chi connectivity index (χ1) is 11.1. The monoisotopic (exact) mass is 315 g/mol. The molecule has 2 N–H and O–H groups in total. The van der Waals surface area contributed by atoms with E-state index in [2.05, 4.69) is 5.32 Å². The summed E-state index contributed by atoms with van der Waals surface area (Å²) in [6.45, 7) is 0.314. The molecule has 0 spiro atoms. The van der Waals surface area contributed by atoms with E-state index < -0.39 is 17.3 Å². The topological polar surface area (TPSA) is 88.8 Å². The number of carbonyl (C=O) groups excluding carboxylic acids is 1. The number of rotatable bonds is 7. The van der Waals surface area contributed by atoms with Crippen LogP contribution in [0.15, 0.2) is 47.1 Å². The molecule has 0 atom stereocenters. The minimum atomic E-state index is -0.870. The van der Waals surface area contributed by atoms with Crippen molar-refractivity contribution < 1.29 is 23.8 Å². The molecule has 6 heteroatoms. The van der Waals surface area contributed by atoms with Crippen molar-refractivity contribution in [2.75, 3.05) is 6.54 Å². The molecular formula is C17H17NO5. The molecule has 1 aromatic heterocycles. The van der Waals surface area contributed by atoms with Gasteiger partial charge in [-0.1, -0.05) is 18.2 Å². The van der Waals surface area contributed by atoms with Crippen LogP contribution in [0, 0.1) is 5.41 Å². The van der Waals surface area contributed by atoms with Crippen LogP contribution >= 0.6 is 0 Å². The molecule has 1 fully saturated rings. The van der Waals surface area contributed by atoms with Crippen LogP contribution in [0.1, 0.15) is 29.0 Å². The third-order valence-electron chi connectivity index (χ3n) is 3.99. The lowest BCUT2D eigenvalue weighted by Gasteiger charge is -2.11. The van der Waals surface area contributed by atoms with Crippen LogP contribution in [-0.2, 0) is 11.4 Å². The first-order valence-electron chi connectivity index (χ1n) is 7.36. The Morgan fingerprint density at radius 3 is 2.61 bits per heavy atom. The molecule has 0 saturated heterocycles. The Bertz CT molecular complexity index is 703. The summed E-state index contributed by atoms with van der Waals surface area (Å²) in [6.07, 6.45) is 2.60. The van der Waals surface area contributed by atoms with Crippen LogP contribution in [-0.4, -0.2) is 23.5 Å². The van der Waals surface area contributed by atoms with E-state index in [0.29, 0.717) is 24.2 Å². The van der Waals surface area contributed by atoms with Crippen molar-refractivity contribution in [3.05, 3.63) is 54.0 Å². The van der Waals surface area contributed by atoms with Crippen molar-refractivity contribution in [3.63, 3.8) is 0 Å². The molecule has 0 aliphatic heterocycles. The van der Waals surface area contributed by atoms with Crippen molar-refractivity contribution in [2.45, 2.75) is 19.4 Å². The molecule has 23 heavy (non-hydrogen) atoms. The maximum atomic E-state index is 12.2. The van der Waals surface area contributed by atoms with Crippen LogP contribution in [0.2, 0.25) is 0 Å². The lowest BCUT2D eigenvalue weighted by Crippen LogP contribution is -2.34. The second-order valence-corrected chi connectivity index (χ2v) is 5.64. The normalized spacial score (nSPS) is 15.0. The molecule has 120 valence electrons. The Morgan fingerprint density at radius 1 is 1.22 bits per heavy atom. The van der Waals surface area contributed by atoms with E-state index in [1.54, 1.807) is 6.07 Å². The Hall–Kier alpha value is -2.76. The highest BCUT2D eigenvalue weighted by Crippen LogP contribution is 2.45. The Balaban J connectivity index is 1.59. The summed E-state index contributed by atoms with van der Waals surface area (Å²) in [7, 11) is 0. The number of aliphatic carboxylic acids is 1. The standard InChI is InChI=1S/C17H17NO5/c19-15(18-11-17(7-8-17)16(20)21)14-12(6-9-22-14)10-23-13-4-2-1-3-5-13/h1-6,9H,7-8,10-11H2,(H,18,19)(H,20,21). The van der Waals surface area contributed by atoms with Crippen LogP contribution in [0.5, 0.6) is 5.75 Å². The third kappa shape index (κ3) is 3.36. The Morgan fingerprint density at radius 2 is 1.96 bits per heavy atom. The number of nitrogens with one attached hydrogen (secondary N) is 1. The maximum absolute atomic E-state index is 12.2. The smallest absolute Gasteiger partial charge is 0.311 e. The molecule has 0 radical (unpaired) electrons.